The largest absolute Gasteiger partial charge is 0.494 e. The number of H-pyrrole nitrogens is 1. The molecule has 5 heteroatoms. The second-order valence-corrected chi connectivity index (χ2v) is 8.64. The van der Waals surface area contributed by atoms with Crippen molar-refractivity contribution < 1.29 is 9.53 Å². The van der Waals surface area contributed by atoms with E-state index in [9.17, 15) is 9.59 Å². The normalized spacial score (nSPS) is 10.9. The van der Waals surface area contributed by atoms with E-state index in [4.69, 9.17) is 4.74 Å². The van der Waals surface area contributed by atoms with Crippen molar-refractivity contribution in [2.75, 3.05) is 13.2 Å². The average molecular weight is 455 g/mol. The number of hydrogen-bond acceptors (Lipinski definition) is 3. The molecule has 0 unspecified atom stereocenters. The second-order valence-electron chi connectivity index (χ2n) is 8.64. The number of rotatable bonds is 8. The highest BCUT2D eigenvalue weighted by Gasteiger charge is 2.18. The van der Waals surface area contributed by atoms with Gasteiger partial charge < -0.3 is 14.6 Å². The van der Waals surface area contributed by atoms with Gasteiger partial charge in [-0.2, -0.15) is 0 Å². The Hall–Kier alpha value is -3.86. The Labute approximate surface area is 200 Å². The molecule has 0 atom stereocenters. The Balaban J connectivity index is 1.64. The molecular weight excluding hydrogens is 424 g/mol. The smallest absolute Gasteiger partial charge is 0.254 e. The lowest BCUT2D eigenvalue weighted by Crippen LogP contribution is -2.34. The molecule has 0 aliphatic rings. The van der Waals surface area contributed by atoms with Crippen LogP contribution in [0.1, 0.15) is 39.5 Å². The van der Waals surface area contributed by atoms with Crippen LogP contribution < -0.4 is 10.3 Å². The van der Waals surface area contributed by atoms with Crippen molar-refractivity contribution in [2.24, 2.45) is 0 Å². The predicted molar refractivity (Wildman–Crippen MR) is 137 cm³/mol. The summed E-state index contributed by atoms with van der Waals surface area (Å²) >= 11 is 0. The summed E-state index contributed by atoms with van der Waals surface area (Å²) in [7, 11) is 0. The standard InChI is InChI=1S/C29H30N2O3/c1-4-34-26-11-9-23(10-12-26)29(33)31(15-14-22-7-5-6-20(2)16-22)19-25-18-24-17-21(3)8-13-27(24)30-28(25)32/h5-13,16-18H,4,14-15,19H2,1-3H3,(H,30,32). The SMILES string of the molecule is CCOc1ccc(C(=O)N(CCc2cccc(C)c2)Cc2cc3cc(C)ccc3[nH]c2=O)cc1. The summed E-state index contributed by atoms with van der Waals surface area (Å²) in [6.07, 6.45) is 0.703. The van der Waals surface area contributed by atoms with Crippen LogP contribution in [0.25, 0.3) is 10.9 Å². The second kappa shape index (κ2) is 10.4. The van der Waals surface area contributed by atoms with Crippen LogP contribution in [-0.2, 0) is 13.0 Å². The molecule has 1 heterocycles. The first-order valence-corrected chi connectivity index (χ1v) is 11.6. The van der Waals surface area contributed by atoms with Gasteiger partial charge in [0.1, 0.15) is 5.75 Å². The maximum absolute atomic E-state index is 13.5. The highest BCUT2D eigenvalue weighted by Crippen LogP contribution is 2.18. The molecule has 1 N–H and O–H groups in total. The Morgan fingerprint density at radius 3 is 2.44 bits per heavy atom. The van der Waals surface area contributed by atoms with E-state index < -0.39 is 0 Å². The van der Waals surface area contributed by atoms with E-state index in [0.29, 0.717) is 30.7 Å². The zero-order valence-corrected chi connectivity index (χ0v) is 19.9. The van der Waals surface area contributed by atoms with Crippen molar-refractivity contribution in [3.05, 3.63) is 111 Å². The average Bonchev–Trinajstić information content (AvgIpc) is 2.82. The molecule has 3 aromatic carbocycles. The van der Waals surface area contributed by atoms with Crippen LogP contribution in [0.5, 0.6) is 5.75 Å². The molecule has 0 saturated carbocycles. The van der Waals surface area contributed by atoms with Gasteiger partial charge in [0.2, 0.25) is 0 Å². The van der Waals surface area contributed by atoms with Crippen molar-refractivity contribution in [1.82, 2.24) is 9.88 Å². The molecule has 0 spiro atoms. The molecule has 1 aromatic heterocycles. The van der Waals surface area contributed by atoms with Gasteiger partial charge in [-0.05, 0) is 80.6 Å². The summed E-state index contributed by atoms with van der Waals surface area (Å²) in [5.41, 5.74) is 5.23. The van der Waals surface area contributed by atoms with Gasteiger partial charge in [0.15, 0.2) is 0 Å². The summed E-state index contributed by atoms with van der Waals surface area (Å²) in [4.78, 5) is 31.1. The number of aryl methyl sites for hydroxylation is 2. The van der Waals surface area contributed by atoms with E-state index in [1.807, 2.05) is 44.2 Å². The van der Waals surface area contributed by atoms with Gasteiger partial charge in [-0.15, -0.1) is 0 Å². The number of benzene rings is 3. The first-order valence-electron chi connectivity index (χ1n) is 11.6. The molecule has 34 heavy (non-hydrogen) atoms. The zero-order valence-electron chi connectivity index (χ0n) is 19.9. The number of carbonyl (C=O) groups excluding carboxylic acids is 1. The quantitative estimate of drug-likeness (QED) is 0.386. The molecular formula is C29H30N2O3. The number of pyridine rings is 1. The fraction of sp³-hybridized carbons (Fsp3) is 0.241. The van der Waals surface area contributed by atoms with Crippen molar-refractivity contribution in [2.45, 2.75) is 33.7 Å². The molecule has 174 valence electrons. The van der Waals surface area contributed by atoms with E-state index >= 15 is 0 Å². The fourth-order valence-electron chi connectivity index (χ4n) is 4.12. The third-order valence-electron chi connectivity index (χ3n) is 5.89. The van der Waals surface area contributed by atoms with Crippen LogP contribution in [0.4, 0.5) is 0 Å². The zero-order chi connectivity index (χ0) is 24.1. The summed E-state index contributed by atoms with van der Waals surface area (Å²) < 4.78 is 5.51. The maximum atomic E-state index is 13.5. The van der Waals surface area contributed by atoms with Crippen molar-refractivity contribution in [3.8, 4) is 5.75 Å². The van der Waals surface area contributed by atoms with Gasteiger partial charge >= 0.3 is 0 Å². The molecule has 4 aromatic rings. The van der Waals surface area contributed by atoms with Crippen molar-refractivity contribution in [1.29, 1.82) is 0 Å². The van der Waals surface area contributed by atoms with Crippen molar-refractivity contribution >= 4 is 16.8 Å². The number of carbonyl (C=O) groups is 1. The van der Waals surface area contributed by atoms with Crippen LogP contribution in [0, 0.1) is 13.8 Å². The lowest BCUT2D eigenvalue weighted by Gasteiger charge is -2.23. The van der Waals surface area contributed by atoms with E-state index in [0.717, 1.165) is 27.8 Å². The number of ether oxygens (including phenoxy) is 1. The third-order valence-corrected chi connectivity index (χ3v) is 5.89. The molecule has 0 aliphatic carbocycles. The number of fused-ring (bicyclic) bond motifs is 1. The van der Waals surface area contributed by atoms with Crippen LogP contribution in [0.2, 0.25) is 0 Å². The van der Waals surface area contributed by atoms with Gasteiger partial charge in [-0.3, -0.25) is 9.59 Å². The minimum Gasteiger partial charge on any atom is -0.494 e. The number of aromatic nitrogens is 1. The molecule has 0 fully saturated rings. The summed E-state index contributed by atoms with van der Waals surface area (Å²) in [5.74, 6) is 0.617. The van der Waals surface area contributed by atoms with Gasteiger partial charge in [0.25, 0.3) is 11.5 Å². The van der Waals surface area contributed by atoms with E-state index in [1.165, 1.54) is 5.56 Å². The molecule has 0 radical (unpaired) electrons. The minimum atomic E-state index is -0.170. The van der Waals surface area contributed by atoms with E-state index in [-0.39, 0.29) is 18.0 Å². The first-order chi connectivity index (χ1) is 16.4. The Morgan fingerprint density at radius 2 is 1.71 bits per heavy atom. The number of hydrogen-bond donors (Lipinski definition) is 1. The highest BCUT2D eigenvalue weighted by atomic mass is 16.5. The number of nitrogens with zero attached hydrogens (tertiary/aromatic N) is 1. The Morgan fingerprint density at radius 1 is 0.941 bits per heavy atom. The summed E-state index contributed by atoms with van der Waals surface area (Å²) in [5, 5.41) is 0.960. The summed E-state index contributed by atoms with van der Waals surface area (Å²) in [6, 6.07) is 23.3. The van der Waals surface area contributed by atoms with Gasteiger partial charge in [0, 0.05) is 23.2 Å². The Kier molecular flexibility index (Phi) is 7.12. The predicted octanol–water partition coefficient (Wildman–Crippen LogP) is 5.43. The topological polar surface area (TPSA) is 62.4 Å². The van der Waals surface area contributed by atoms with Gasteiger partial charge in [-0.25, -0.2) is 0 Å². The Bertz CT molecular complexity index is 1360. The molecule has 0 bridgehead atoms. The third kappa shape index (κ3) is 5.54. The number of amides is 1. The van der Waals surface area contributed by atoms with Gasteiger partial charge in [-0.1, -0.05) is 41.5 Å². The van der Waals surface area contributed by atoms with Crippen LogP contribution in [-0.4, -0.2) is 28.9 Å². The summed E-state index contributed by atoms with van der Waals surface area (Å²) in [6.45, 7) is 7.31. The van der Waals surface area contributed by atoms with Crippen molar-refractivity contribution in [3.63, 3.8) is 0 Å². The van der Waals surface area contributed by atoms with Crippen LogP contribution in [0.3, 0.4) is 0 Å². The molecule has 0 aliphatic heterocycles. The van der Waals surface area contributed by atoms with E-state index in [2.05, 4.69) is 30.1 Å². The van der Waals surface area contributed by atoms with Crippen LogP contribution in [0.15, 0.2) is 77.6 Å². The molecule has 0 saturated heterocycles. The lowest BCUT2D eigenvalue weighted by molar-refractivity contribution is 0.0744. The highest BCUT2D eigenvalue weighted by molar-refractivity contribution is 5.94. The molecule has 4 rings (SSSR count). The number of aromatic amines is 1. The van der Waals surface area contributed by atoms with Crippen LogP contribution >= 0.6 is 0 Å². The first kappa shape index (κ1) is 23.3. The molecule has 5 nitrogen and oxygen atoms in total. The van der Waals surface area contributed by atoms with Gasteiger partial charge in [0.05, 0.1) is 13.2 Å². The van der Waals surface area contributed by atoms with E-state index in [1.54, 1.807) is 29.2 Å². The molecule has 1 amide bonds. The number of nitrogens with one attached hydrogen (secondary N) is 1. The maximum Gasteiger partial charge on any atom is 0.254 e. The minimum absolute atomic E-state index is 0.112. The lowest BCUT2D eigenvalue weighted by atomic mass is 10.1. The monoisotopic (exact) mass is 454 g/mol. The fourth-order valence-corrected chi connectivity index (χ4v) is 4.12.